The Morgan fingerprint density at radius 3 is 3.15 bits per heavy atom. The Bertz CT molecular complexity index is 450. The molecule has 4 heteroatoms. The van der Waals surface area contributed by atoms with Gasteiger partial charge in [-0.15, -0.1) is 0 Å². The highest BCUT2D eigenvalue weighted by Crippen LogP contribution is 2.22. The number of hydrogen-bond donors (Lipinski definition) is 0. The number of ether oxygens (including phenoxy) is 1. The van der Waals surface area contributed by atoms with Gasteiger partial charge in [-0.05, 0) is 17.6 Å². The zero-order chi connectivity index (χ0) is 9.26. The number of rotatable bonds is 1. The van der Waals surface area contributed by atoms with Gasteiger partial charge in [-0.1, -0.05) is 12.1 Å². The number of benzene rings is 1. The summed E-state index contributed by atoms with van der Waals surface area (Å²) in [5.74, 6) is -0.310. The van der Waals surface area contributed by atoms with Crippen LogP contribution in [0.5, 0.6) is 0 Å². The maximum absolute atomic E-state index is 11.3. The molecule has 0 saturated heterocycles. The van der Waals surface area contributed by atoms with Gasteiger partial charge in [0.05, 0.1) is 17.4 Å². The summed E-state index contributed by atoms with van der Waals surface area (Å²) < 4.78 is 9.55. The lowest BCUT2D eigenvalue weighted by Gasteiger charge is -1.98. The van der Waals surface area contributed by atoms with Crippen LogP contribution in [0.3, 0.4) is 0 Å². The van der Waals surface area contributed by atoms with Gasteiger partial charge in [-0.2, -0.15) is 4.37 Å². The Kier molecular flexibility index (Phi) is 1.98. The van der Waals surface area contributed by atoms with Crippen molar-refractivity contribution in [3.8, 4) is 0 Å². The van der Waals surface area contributed by atoms with Crippen molar-refractivity contribution in [3.05, 3.63) is 30.0 Å². The normalized spacial score (nSPS) is 10.2. The fourth-order valence-corrected chi connectivity index (χ4v) is 1.91. The Labute approximate surface area is 79.1 Å². The fraction of sp³-hybridized carbons (Fsp3) is 0.111. The molecule has 0 atom stereocenters. The molecule has 0 radical (unpaired) electrons. The highest BCUT2D eigenvalue weighted by atomic mass is 32.1. The summed E-state index contributed by atoms with van der Waals surface area (Å²) in [6.07, 6.45) is 1.74. The van der Waals surface area contributed by atoms with Crippen LogP contribution in [-0.4, -0.2) is 17.5 Å². The van der Waals surface area contributed by atoms with E-state index in [0.29, 0.717) is 5.56 Å². The summed E-state index contributed by atoms with van der Waals surface area (Å²) in [4.78, 5) is 11.3. The molecule has 0 N–H and O–H groups in total. The van der Waals surface area contributed by atoms with E-state index >= 15 is 0 Å². The lowest BCUT2D eigenvalue weighted by molar-refractivity contribution is 0.0603. The monoisotopic (exact) mass is 193 g/mol. The van der Waals surface area contributed by atoms with E-state index in [2.05, 4.69) is 9.11 Å². The fourth-order valence-electron chi connectivity index (χ4n) is 1.16. The SMILES string of the molecule is COC(=O)c1cccc2cnsc12. The molecule has 0 spiro atoms. The van der Waals surface area contributed by atoms with Gasteiger partial charge in [0.15, 0.2) is 0 Å². The molecule has 2 rings (SSSR count). The van der Waals surface area contributed by atoms with E-state index in [-0.39, 0.29) is 5.97 Å². The molecule has 2 aromatic rings. The van der Waals surface area contributed by atoms with Crippen molar-refractivity contribution in [3.63, 3.8) is 0 Å². The number of hydrogen-bond acceptors (Lipinski definition) is 4. The molecule has 1 heterocycles. The van der Waals surface area contributed by atoms with Crippen LogP contribution in [0.1, 0.15) is 10.4 Å². The predicted molar refractivity (Wildman–Crippen MR) is 51.0 cm³/mol. The molecule has 0 fully saturated rings. The zero-order valence-electron chi connectivity index (χ0n) is 6.98. The first-order valence-electron chi connectivity index (χ1n) is 3.74. The number of methoxy groups -OCH3 is 1. The molecule has 13 heavy (non-hydrogen) atoms. The van der Waals surface area contributed by atoms with Crippen molar-refractivity contribution in [2.75, 3.05) is 7.11 Å². The van der Waals surface area contributed by atoms with Gasteiger partial charge in [0.25, 0.3) is 0 Å². The standard InChI is InChI=1S/C9H7NO2S/c1-12-9(11)7-4-2-3-6-5-10-13-8(6)7/h2-5H,1H3. The molecule has 3 nitrogen and oxygen atoms in total. The number of aromatic nitrogens is 1. The Morgan fingerprint density at radius 2 is 2.38 bits per heavy atom. The van der Waals surface area contributed by atoms with E-state index in [1.807, 2.05) is 12.1 Å². The summed E-state index contributed by atoms with van der Waals surface area (Å²) in [7, 11) is 1.38. The number of carbonyl (C=O) groups excluding carboxylic acids is 1. The van der Waals surface area contributed by atoms with Crippen molar-refractivity contribution in [1.82, 2.24) is 4.37 Å². The number of carbonyl (C=O) groups is 1. The van der Waals surface area contributed by atoms with Gasteiger partial charge >= 0.3 is 5.97 Å². The Hall–Kier alpha value is -1.42. The van der Waals surface area contributed by atoms with Crippen LogP contribution >= 0.6 is 11.5 Å². The lowest BCUT2D eigenvalue weighted by atomic mass is 10.2. The van der Waals surface area contributed by atoms with Gasteiger partial charge in [-0.3, -0.25) is 0 Å². The largest absolute Gasteiger partial charge is 0.465 e. The quantitative estimate of drug-likeness (QED) is 0.651. The second kappa shape index (κ2) is 3.14. The first kappa shape index (κ1) is 8.19. The van der Waals surface area contributed by atoms with E-state index in [9.17, 15) is 4.79 Å². The molecule has 1 aromatic heterocycles. The molecule has 0 aliphatic rings. The minimum absolute atomic E-state index is 0.310. The highest BCUT2D eigenvalue weighted by Gasteiger charge is 2.10. The van der Waals surface area contributed by atoms with Crippen molar-refractivity contribution in [2.24, 2.45) is 0 Å². The van der Waals surface area contributed by atoms with Gasteiger partial charge in [0, 0.05) is 11.6 Å². The van der Waals surface area contributed by atoms with Crippen molar-refractivity contribution in [2.45, 2.75) is 0 Å². The first-order chi connectivity index (χ1) is 6.33. The van der Waals surface area contributed by atoms with Crippen LogP contribution in [0.4, 0.5) is 0 Å². The molecule has 0 aliphatic carbocycles. The molecular formula is C9H7NO2S. The van der Waals surface area contributed by atoms with E-state index in [1.54, 1.807) is 12.3 Å². The van der Waals surface area contributed by atoms with Crippen molar-refractivity contribution >= 4 is 27.6 Å². The minimum Gasteiger partial charge on any atom is -0.465 e. The smallest absolute Gasteiger partial charge is 0.339 e. The summed E-state index contributed by atoms with van der Waals surface area (Å²) >= 11 is 1.31. The van der Waals surface area contributed by atoms with Crippen LogP contribution in [0.2, 0.25) is 0 Å². The molecule has 0 unspecified atom stereocenters. The predicted octanol–water partition coefficient (Wildman–Crippen LogP) is 2.08. The molecule has 0 saturated carbocycles. The second-order valence-corrected chi connectivity index (χ2v) is 3.34. The van der Waals surface area contributed by atoms with E-state index < -0.39 is 0 Å². The molecule has 0 bridgehead atoms. The van der Waals surface area contributed by atoms with Crippen LogP contribution in [0.25, 0.3) is 10.1 Å². The zero-order valence-corrected chi connectivity index (χ0v) is 7.80. The van der Waals surface area contributed by atoms with Gasteiger partial charge in [-0.25, -0.2) is 4.79 Å². The third-order valence-corrected chi connectivity index (χ3v) is 2.64. The summed E-state index contributed by atoms with van der Waals surface area (Å²) in [6.45, 7) is 0. The number of nitrogens with zero attached hydrogens (tertiary/aromatic N) is 1. The van der Waals surface area contributed by atoms with Crippen LogP contribution in [0, 0.1) is 0 Å². The van der Waals surface area contributed by atoms with E-state index in [1.165, 1.54) is 18.6 Å². The number of fused-ring (bicyclic) bond motifs is 1. The summed E-state index contributed by atoms with van der Waals surface area (Å²) in [6, 6.07) is 5.49. The minimum atomic E-state index is -0.310. The van der Waals surface area contributed by atoms with Gasteiger partial charge < -0.3 is 4.74 Å². The Morgan fingerprint density at radius 1 is 1.54 bits per heavy atom. The van der Waals surface area contributed by atoms with Gasteiger partial charge in [0.2, 0.25) is 0 Å². The molecule has 66 valence electrons. The van der Waals surface area contributed by atoms with Crippen LogP contribution in [-0.2, 0) is 4.74 Å². The average Bonchev–Trinajstić information content (AvgIpc) is 2.63. The number of esters is 1. The third-order valence-electron chi connectivity index (χ3n) is 1.79. The first-order valence-corrected chi connectivity index (χ1v) is 4.52. The Balaban J connectivity index is 2.67. The molecule has 0 aliphatic heterocycles. The maximum Gasteiger partial charge on any atom is 0.339 e. The summed E-state index contributed by atoms with van der Waals surface area (Å²) in [5.41, 5.74) is 0.586. The van der Waals surface area contributed by atoms with Crippen molar-refractivity contribution in [1.29, 1.82) is 0 Å². The second-order valence-electron chi connectivity index (χ2n) is 2.54. The summed E-state index contributed by atoms with van der Waals surface area (Å²) in [5, 5.41) is 0.980. The maximum atomic E-state index is 11.3. The van der Waals surface area contributed by atoms with E-state index in [0.717, 1.165) is 10.1 Å². The van der Waals surface area contributed by atoms with Crippen LogP contribution in [0.15, 0.2) is 24.4 Å². The molecule has 1 aromatic carbocycles. The van der Waals surface area contributed by atoms with Crippen molar-refractivity contribution < 1.29 is 9.53 Å². The average molecular weight is 193 g/mol. The topological polar surface area (TPSA) is 39.2 Å². The van der Waals surface area contributed by atoms with Gasteiger partial charge in [0.1, 0.15) is 0 Å². The lowest BCUT2D eigenvalue weighted by Crippen LogP contribution is -2.00. The van der Waals surface area contributed by atoms with E-state index in [4.69, 9.17) is 0 Å². The molecule has 0 amide bonds. The highest BCUT2D eigenvalue weighted by molar-refractivity contribution is 7.13. The third kappa shape index (κ3) is 1.29. The van der Waals surface area contributed by atoms with Crippen LogP contribution < -0.4 is 0 Å². The molecular weight excluding hydrogens is 186 g/mol.